The van der Waals surface area contributed by atoms with E-state index >= 15 is 0 Å². The predicted octanol–water partition coefficient (Wildman–Crippen LogP) is 4.51. The van der Waals surface area contributed by atoms with Gasteiger partial charge < -0.3 is 25.2 Å². The number of ether oxygens (including phenoxy) is 2. The van der Waals surface area contributed by atoms with Crippen LogP contribution in [0.5, 0.6) is 11.5 Å². The number of nitrogens with one attached hydrogen (secondary N) is 3. The minimum Gasteiger partial charge on any atom is -0.507 e. The van der Waals surface area contributed by atoms with Crippen LogP contribution in [-0.2, 0) is 17.9 Å². The summed E-state index contributed by atoms with van der Waals surface area (Å²) in [6, 6.07) is 17.3. The number of aromatic nitrogens is 1. The van der Waals surface area contributed by atoms with Crippen molar-refractivity contribution in [3.05, 3.63) is 65.7 Å². The monoisotopic (exact) mass is 460 g/mol. The fraction of sp³-hybridized carbons (Fsp3) is 0.308. The zero-order valence-electron chi connectivity index (χ0n) is 18.8. The van der Waals surface area contributed by atoms with Crippen LogP contribution < -0.4 is 20.7 Å². The molecule has 0 unspecified atom stereocenters. The van der Waals surface area contributed by atoms with Gasteiger partial charge in [0, 0.05) is 25.3 Å². The lowest BCUT2D eigenvalue weighted by molar-refractivity contribution is 0.151. The molecule has 1 aliphatic heterocycles. The maximum Gasteiger partial charge on any atom is 0.413 e. The number of hydrogen-bond donors (Lipinski definition) is 4. The molecule has 176 valence electrons. The Bertz CT molecular complexity index is 1160. The van der Waals surface area contributed by atoms with Crippen molar-refractivity contribution in [2.24, 2.45) is 5.92 Å². The van der Waals surface area contributed by atoms with Gasteiger partial charge in [0.25, 0.3) is 0 Å². The molecule has 2 aliphatic rings. The second-order valence-corrected chi connectivity index (χ2v) is 8.58. The van der Waals surface area contributed by atoms with Gasteiger partial charge in [-0.05, 0) is 42.5 Å². The van der Waals surface area contributed by atoms with Crippen LogP contribution in [0, 0.1) is 5.92 Å². The molecule has 2 heterocycles. The highest BCUT2D eigenvalue weighted by molar-refractivity contribution is 5.89. The van der Waals surface area contributed by atoms with Crippen LogP contribution in [0.25, 0.3) is 11.3 Å². The molecule has 1 aromatic heterocycles. The smallest absolute Gasteiger partial charge is 0.413 e. The van der Waals surface area contributed by atoms with Gasteiger partial charge in [-0.2, -0.15) is 0 Å². The first-order chi connectivity index (χ1) is 16.7. The van der Waals surface area contributed by atoms with Crippen molar-refractivity contribution in [2.75, 3.05) is 30.3 Å². The lowest BCUT2D eigenvalue weighted by Gasteiger charge is -2.22. The first kappa shape index (κ1) is 22.0. The summed E-state index contributed by atoms with van der Waals surface area (Å²) >= 11 is 0. The largest absolute Gasteiger partial charge is 0.507 e. The Morgan fingerprint density at radius 3 is 2.79 bits per heavy atom. The van der Waals surface area contributed by atoms with Gasteiger partial charge >= 0.3 is 6.09 Å². The highest BCUT2D eigenvalue weighted by Crippen LogP contribution is 2.41. The predicted molar refractivity (Wildman–Crippen MR) is 130 cm³/mol. The van der Waals surface area contributed by atoms with E-state index in [1.807, 2.05) is 30.3 Å². The van der Waals surface area contributed by atoms with Gasteiger partial charge in [-0.3, -0.25) is 5.32 Å². The summed E-state index contributed by atoms with van der Waals surface area (Å²) in [7, 11) is 0. The van der Waals surface area contributed by atoms with Gasteiger partial charge in [-0.15, -0.1) is 0 Å². The Hall–Kier alpha value is -3.78. The molecular formula is C26H28N4O4. The zero-order valence-corrected chi connectivity index (χ0v) is 18.8. The maximum atomic E-state index is 11.9. The summed E-state index contributed by atoms with van der Waals surface area (Å²) in [6.45, 7) is 2.91. The van der Waals surface area contributed by atoms with E-state index in [1.165, 1.54) is 18.4 Å². The Kier molecular flexibility index (Phi) is 6.49. The molecule has 5 rings (SSSR count). The number of anilines is 2. The number of cyclic esters (lactones) is 1. The Labute approximate surface area is 198 Å². The lowest BCUT2D eigenvalue weighted by Crippen LogP contribution is -2.25. The van der Waals surface area contributed by atoms with Crippen molar-refractivity contribution in [2.45, 2.75) is 26.0 Å². The normalized spacial score (nSPS) is 14.6. The standard InChI is InChI=1S/C26H28N4O4/c31-22-7-4-8-23(33-15-18-9-10-18)24(22)21-13-20(19-16-34-26(32)30-25(19)29-21)28-12-11-27-14-17-5-2-1-3-6-17/h1-8,13,18,27,31H,9-12,14-16H2,(H2,28,29,30,32). The molecule has 3 aromatic rings. The molecule has 0 bridgehead atoms. The SMILES string of the molecule is O=C1Nc2nc(-c3c(O)cccc3OCC3CC3)cc(NCCNCc3ccccc3)c2CO1. The van der Waals surface area contributed by atoms with E-state index in [0.717, 1.165) is 24.3 Å². The molecule has 0 atom stereocenters. The molecule has 1 aliphatic carbocycles. The molecule has 1 amide bonds. The van der Waals surface area contributed by atoms with E-state index in [1.54, 1.807) is 12.1 Å². The highest BCUT2D eigenvalue weighted by atomic mass is 16.5. The molecule has 8 heteroatoms. The number of pyridine rings is 1. The summed E-state index contributed by atoms with van der Waals surface area (Å²) in [4.78, 5) is 16.5. The molecule has 0 radical (unpaired) electrons. The van der Waals surface area contributed by atoms with Crippen LogP contribution in [-0.4, -0.2) is 35.9 Å². The second kappa shape index (κ2) is 10.0. The third-order valence-electron chi connectivity index (χ3n) is 5.91. The molecule has 4 N–H and O–H groups in total. The number of nitrogens with zero attached hydrogens (tertiary/aromatic N) is 1. The van der Waals surface area contributed by atoms with E-state index in [4.69, 9.17) is 9.47 Å². The minimum absolute atomic E-state index is 0.0783. The van der Waals surface area contributed by atoms with Crippen LogP contribution in [0.3, 0.4) is 0 Å². The van der Waals surface area contributed by atoms with Crippen LogP contribution in [0.15, 0.2) is 54.6 Å². The van der Waals surface area contributed by atoms with E-state index < -0.39 is 6.09 Å². The highest BCUT2D eigenvalue weighted by Gasteiger charge is 2.26. The van der Waals surface area contributed by atoms with Crippen LogP contribution in [0.1, 0.15) is 24.0 Å². The molecule has 0 spiro atoms. The van der Waals surface area contributed by atoms with Crippen molar-refractivity contribution in [1.82, 2.24) is 10.3 Å². The van der Waals surface area contributed by atoms with Crippen LogP contribution >= 0.6 is 0 Å². The number of fused-ring (bicyclic) bond motifs is 1. The number of rotatable bonds is 10. The zero-order chi connectivity index (χ0) is 23.3. The van der Waals surface area contributed by atoms with Crippen molar-refractivity contribution in [3.8, 4) is 22.8 Å². The van der Waals surface area contributed by atoms with Gasteiger partial charge in [0.2, 0.25) is 0 Å². The number of phenols is 1. The molecule has 1 fully saturated rings. The number of phenolic OH excluding ortho intramolecular Hbond substituents is 1. The third-order valence-corrected chi connectivity index (χ3v) is 5.91. The fourth-order valence-electron chi connectivity index (χ4n) is 3.88. The Balaban J connectivity index is 1.36. The summed E-state index contributed by atoms with van der Waals surface area (Å²) in [5.41, 5.74) is 3.81. The average molecular weight is 461 g/mol. The number of benzene rings is 2. The second-order valence-electron chi connectivity index (χ2n) is 8.58. The molecule has 8 nitrogen and oxygen atoms in total. The van der Waals surface area contributed by atoms with E-state index in [2.05, 4.69) is 33.1 Å². The van der Waals surface area contributed by atoms with E-state index in [9.17, 15) is 9.90 Å². The first-order valence-corrected chi connectivity index (χ1v) is 11.6. The average Bonchev–Trinajstić information content (AvgIpc) is 3.67. The fourth-order valence-corrected chi connectivity index (χ4v) is 3.88. The summed E-state index contributed by atoms with van der Waals surface area (Å²) < 4.78 is 11.2. The Morgan fingerprint density at radius 2 is 1.97 bits per heavy atom. The van der Waals surface area contributed by atoms with Gasteiger partial charge in [-0.1, -0.05) is 36.4 Å². The maximum absolute atomic E-state index is 11.9. The molecular weight excluding hydrogens is 432 g/mol. The quantitative estimate of drug-likeness (QED) is 0.330. The minimum atomic E-state index is -0.546. The van der Waals surface area contributed by atoms with Gasteiger partial charge in [-0.25, -0.2) is 9.78 Å². The number of aromatic hydroxyl groups is 1. The van der Waals surface area contributed by atoms with Crippen molar-refractivity contribution < 1.29 is 19.4 Å². The summed E-state index contributed by atoms with van der Waals surface area (Å²) in [5.74, 6) is 1.65. The number of hydrogen-bond acceptors (Lipinski definition) is 7. The molecule has 1 saturated carbocycles. The Morgan fingerprint density at radius 1 is 1.12 bits per heavy atom. The summed E-state index contributed by atoms with van der Waals surface area (Å²) in [5, 5.41) is 20.2. The molecule has 34 heavy (non-hydrogen) atoms. The first-order valence-electron chi connectivity index (χ1n) is 11.6. The number of carbonyl (C=O) groups is 1. The lowest BCUT2D eigenvalue weighted by atomic mass is 10.1. The molecule has 2 aromatic carbocycles. The number of carbonyl (C=O) groups excluding carboxylic acids is 1. The topological polar surface area (TPSA) is 105 Å². The van der Waals surface area contributed by atoms with Crippen molar-refractivity contribution >= 4 is 17.6 Å². The third kappa shape index (κ3) is 5.23. The van der Waals surface area contributed by atoms with E-state index in [-0.39, 0.29) is 12.4 Å². The summed E-state index contributed by atoms with van der Waals surface area (Å²) in [6.07, 6.45) is 1.79. The van der Waals surface area contributed by atoms with Gasteiger partial charge in [0.05, 0.1) is 23.4 Å². The van der Waals surface area contributed by atoms with Gasteiger partial charge in [0.1, 0.15) is 23.9 Å². The number of amides is 1. The van der Waals surface area contributed by atoms with Crippen LogP contribution in [0.2, 0.25) is 0 Å². The van der Waals surface area contributed by atoms with Crippen LogP contribution in [0.4, 0.5) is 16.3 Å². The van der Waals surface area contributed by atoms with Crippen molar-refractivity contribution in [1.29, 1.82) is 0 Å². The van der Waals surface area contributed by atoms with Gasteiger partial charge in [0.15, 0.2) is 0 Å². The molecule has 0 saturated heterocycles. The van der Waals surface area contributed by atoms with E-state index in [0.29, 0.717) is 41.9 Å². The van der Waals surface area contributed by atoms with Crippen molar-refractivity contribution in [3.63, 3.8) is 0 Å².